The third-order valence-corrected chi connectivity index (χ3v) is 9.80. The van der Waals surface area contributed by atoms with E-state index in [1.54, 1.807) is 36.4 Å². The molecule has 2 aliphatic rings. The number of fused-ring (bicyclic) bond motifs is 1. The molecular weight excluding hydrogens is 509 g/mol. The molecule has 0 radical (unpaired) electrons. The van der Waals surface area contributed by atoms with Crippen LogP contribution in [0.1, 0.15) is 39.1 Å². The Morgan fingerprint density at radius 2 is 1.42 bits per heavy atom. The molecule has 9 heteroatoms. The van der Waals surface area contributed by atoms with Crippen molar-refractivity contribution in [1.29, 1.82) is 0 Å². The SMILES string of the molecule is O=C(O)C1C(CN2C(=O)c3ccccc3C2=O)CCC1S(=O)(=O)CCc1ccc(-c2ccc(F)cc2)cc1. The van der Waals surface area contributed by atoms with Gasteiger partial charge in [0.2, 0.25) is 0 Å². The van der Waals surface area contributed by atoms with Crippen molar-refractivity contribution in [2.24, 2.45) is 11.8 Å². The largest absolute Gasteiger partial charge is 0.481 e. The molecule has 3 atom stereocenters. The third-order valence-electron chi connectivity index (χ3n) is 7.58. The van der Waals surface area contributed by atoms with Gasteiger partial charge in [-0.3, -0.25) is 19.3 Å². The van der Waals surface area contributed by atoms with E-state index in [2.05, 4.69) is 0 Å². The maximum Gasteiger partial charge on any atom is 0.308 e. The van der Waals surface area contributed by atoms with E-state index in [1.807, 2.05) is 24.3 Å². The number of hydrogen-bond acceptors (Lipinski definition) is 5. The summed E-state index contributed by atoms with van der Waals surface area (Å²) in [7, 11) is -3.78. The highest BCUT2D eigenvalue weighted by Gasteiger charge is 2.49. The van der Waals surface area contributed by atoms with Crippen molar-refractivity contribution in [2.45, 2.75) is 24.5 Å². The molecule has 1 heterocycles. The predicted molar refractivity (Wildman–Crippen MR) is 139 cm³/mol. The standard InChI is InChI=1S/C29H26FNO6S/c30-22-12-9-20(10-13-22)19-7-5-18(6-8-19)15-16-38(36,37)25-14-11-21(26(25)29(34)35)17-31-27(32)23-3-1-2-4-24(23)28(31)33/h1-10,12-13,21,25-26H,11,14-17H2,(H,34,35). The molecule has 38 heavy (non-hydrogen) atoms. The summed E-state index contributed by atoms with van der Waals surface area (Å²) in [6.07, 6.45) is 0.676. The Labute approximate surface area is 219 Å². The van der Waals surface area contributed by atoms with Crippen molar-refractivity contribution in [2.75, 3.05) is 12.3 Å². The van der Waals surface area contributed by atoms with E-state index in [1.165, 1.54) is 12.1 Å². The number of aliphatic carboxylic acids is 1. The Balaban J connectivity index is 1.26. The molecule has 7 nitrogen and oxygen atoms in total. The number of carboxylic acids is 1. The zero-order valence-corrected chi connectivity index (χ0v) is 21.2. The third kappa shape index (κ3) is 4.86. The Morgan fingerprint density at radius 1 is 0.868 bits per heavy atom. The van der Waals surface area contributed by atoms with Crippen LogP contribution in [0.5, 0.6) is 0 Å². The highest BCUT2D eigenvalue weighted by atomic mass is 32.2. The van der Waals surface area contributed by atoms with Crippen LogP contribution in [0.4, 0.5) is 4.39 Å². The molecule has 1 fully saturated rings. The molecule has 1 aliphatic heterocycles. The van der Waals surface area contributed by atoms with Gasteiger partial charge in [-0.15, -0.1) is 0 Å². The lowest BCUT2D eigenvalue weighted by atomic mass is 9.95. The summed E-state index contributed by atoms with van der Waals surface area (Å²) in [5, 5.41) is 8.88. The molecule has 0 aromatic heterocycles. The van der Waals surface area contributed by atoms with Crippen LogP contribution >= 0.6 is 0 Å². The normalized spacial score (nSPS) is 21.1. The highest BCUT2D eigenvalue weighted by Crippen LogP contribution is 2.39. The lowest BCUT2D eigenvalue weighted by Gasteiger charge is -2.24. The molecular formula is C29H26FNO6S. The van der Waals surface area contributed by atoms with Gasteiger partial charge in [0.15, 0.2) is 9.84 Å². The molecule has 3 unspecified atom stereocenters. The first kappa shape index (κ1) is 25.8. The van der Waals surface area contributed by atoms with Crippen LogP contribution in [0.2, 0.25) is 0 Å². The van der Waals surface area contributed by atoms with Gasteiger partial charge >= 0.3 is 5.97 Å². The van der Waals surface area contributed by atoms with Crippen LogP contribution in [-0.4, -0.2) is 53.8 Å². The first-order chi connectivity index (χ1) is 18.2. The van der Waals surface area contributed by atoms with Crippen LogP contribution in [0.3, 0.4) is 0 Å². The Morgan fingerprint density at radius 3 is 1.97 bits per heavy atom. The lowest BCUT2D eigenvalue weighted by Crippen LogP contribution is -2.41. The van der Waals surface area contributed by atoms with Crippen LogP contribution in [0.25, 0.3) is 11.1 Å². The summed E-state index contributed by atoms with van der Waals surface area (Å²) in [5.41, 5.74) is 3.04. The molecule has 0 saturated heterocycles. The number of carbonyl (C=O) groups is 3. The van der Waals surface area contributed by atoms with Gasteiger partial charge in [-0.1, -0.05) is 48.5 Å². The molecule has 1 N–H and O–H groups in total. The van der Waals surface area contributed by atoms with E-state index in [9.17, 15) is 32.3 Å². The number of amides is 2. The smallest absolute Gasteiger partial charge is 0.308 e. The van der Waals surface area contributed by atoms with Crippen molar-refractivity contribution < 1.29 is 32.3 Å². The first-order valence-electron chi connectivity index (χ1n) is 12.4. The van der Waals surface area contributed by atoms with Gasteiger partial charge in [0.05, 0.1) is 28.0 Å². The topological polar surface area (TPSA) is 109 Å². The van der Waals surface area contributed by atoms with Gasteiger partial charge in [0.1, 0.15) is 5.82 Å². The summed E-state index contributed by atoms with van der Waals surface area (Å²) in [4.78, 5) is 38.8. The van der Waals surface area contributed by atoms with E-state index in [-0.39, 0.29) is 42.1 Å². The molecule has 0 bridgehead atoms. The first-order valence-corrected chi connectivity index (χ1v) is 14.1. The number of aryl methyl sites for hydroxylation is 1. The summed E-state index contributed by atoms with van der Waals surface area (Å²) in [5.74, 6) is -4.59. The van der Waals surface area contributed by atoms with Gasteiger partial charge < -0.3 is 5.11 Å². The fourth-order valence-electron chi connectivity index (χ4n) is 5.57. The van der Waals surface area contributed by atoms with Crippen molar-refractivity contribution in [3.63, 3.8) is 0 Å². The second-order valence-electron chi connectivity index (χ2n) is 9.83. The Kier molecular flexibility index (Phi) is 6.88. The van der Waals surface area contributed by atoms with Crippen LogP contribution < -0.4 is 0 Å². The van der Waals surface area contributed by atoms with E-state index in [0.29, 0.717) is 6.42 Å². The summed E-state index contributed by atoms with van der Waals surface area (Å²) in [6.45, 7) is -0.125. The van der Waals surface area contributed by atoms with Gasteiger partial charge in [-0.25, -0.2) is 12.8 Å². The highest BCUT2D eigenvalue weighted by molar-refractivity contribution is 7.92. The number of sulfone groups is 1. The quantitative estimate of drug-likeness (QED) is 0.433. The number of hydrogen-bond donors (Lipinski definition) is 1. The van der Waals surface area contributed by atoms with Gasteiger partial charge in [0.25, 0.3) is 11.8 Å². The van der Waals surface area contributed by atoms with Crippen molar-refractivity contribution in [1.82, 2.24) is 4.90 Å². The van der Waals surface area contributed by atoms with E-state index in [0.717, 1.165) is 21.6 Å². The fourth-order valence-corrected chi connectivity index (χ4v) is 7.67. The lowest BCUT2D eigenvalue weighted by molar-refractivity contribution is -0.142. The summed E-state index contributed by atoms with van der Waals surface area (Å²) in [6, 6.07) is 19.8. The number of halogens is 1. The molecule has 5 rings (SSSR count). The van der Waals surface area contributed by atoms with Gasteiger partial charge in [-0.2, -0.15) is 0 Å². The fraction of sp³-hybridized carbons (Fsp3) is 0.276. The minimum atomic E-state index is -3.78. The maximum atomic E-state index is 13.3. The maximum absolute atomic E-state index is 13.3. The second kappa shape index (κ2) is 10.1. The van der Waals surface area contributed by atoms with E-state index >= 15 is 0 Å². The molecule has 1 aliphatic carbocycles. The average Bonchev–Trinajstić information content (AvgIpc) is 3.45. The predicted octanol–water partition coefficient (Wildman–Crippen LogP) is 4.23. The Hall–Kier alpha value is -3.85. The van der Waals surface area contributed by atoms with Crippen molar-refractivity contribution >= 4 is 27.6 Å². The zero-order valence-electron chi connectivity index (χ0n) is 20.4. The zero-order chi connectivity index (χ0) is 27.0. The van der Waals surface area contributed by atoms with E-state index in [4.69, 9.17) is 0 Å². The number of imide groups is 1. The average molecular weight is 536 g/mol. The number of nitrogens with zero attached hydrogens (tertiary/aromatic N) is 1. The van der Waals surface area contributed by atoms with Crippen LogP contribution in [0.15, 0.2) is 72.8 Å². The molecule has 1 saturated carbocycles. The number of benzene rings is 3. The van der Waals surface area contributed by atoms with E-state index < -0.39 is 44.7 Å². The monoisotopic (exact) mass is 535 g/mol. The summed E-state index contributed by atoms with van der Waals surface area (Å²) < 4.78 is 39.7. The Bertz CT molecular complexity index is 1470. The number of carbonyl (C=O) groups excluding carboxylic acids is 2. The minimum absolute atomic E-state index is 0.125. The second-order valence-corrected chi connectivity index (χ2v) is 12.2. The summed E-state index contributed by atoms with van der Waals surface area (Å²) >= 11 is 0. The molecule has 0 spiro atoms. The van der Waals surface area contributed by atoms with Crippen molar-refractivity contribution in [3.05, 3.63) is 95.3 Å². The molecule has 196 valence electrons. The van der Waals surface area contributed by atoms with Crippen LogP contribution in [-0.2, 0) is 21.1 Å². The molecule has 3 aromatic rings. The molecule has 3 aromatic carbocycles. The minimum Gasteiger partial charge on any atom is -0.481 e. The van der Waals surface area contributed by atoms with Crippen LogP contribution in [0, 0.1) is 17.7 Å². The van der Waals surface area contributed by atoms with Gasteiger partial charge in [-0.05, 0) is 66.1 Å². The number of carboxylic acid groups (broad SMARTS) is 1. The van der Waals surface area contributed by atoms with Crippen molar-refractivity contribution in [3.8, 4) is 11.1 Å². The molecule has 2 amide bonds. The number of rotatable bonds is 8. The van der Waals surface area contributed by atoms with Gasteiger partial charge in [0, 0.05) is 6.54 Å².